The Kier molecular flexibility index (Phi) is 7.07. The van der Waals surface area contributed by atoms with E-state index in [1.807, 2.05) is 6.92 Å². The van der Waals surface area contributed by atoms with Crippen molar-refractivity contribution >= 4 is 23.2 Å². The molecule has 1 aromatic carbocycles. The van der Waals surface area contributed by atoms with Crippen molar-refractivity contribution in [3.8, 4) is 0 Å². The van der Waals surface area contributed by atoms with Crippen LogP contribution in [0.2, 0.25) is 0 Å². The van der Waals surface area contributed by atoms with Gasteiger partial charge in [-0.3, -0.25) is 24.6 Å². The van der Waals surface area contributed by atoms with Gasteiger partial charge in [0.2, 0.25) is 11.8 Å². The molecule has 8 nitrogen and oxygen atoms in total. The third-order valence-corrected chi connectivity index (χ3v) is 6.38. The quantitative estimate of drug-likeness (QED) is 0.568. The van der Waals surface area contributed by atoms with Gasteiger partial charge in [0, 0.05) is 36.3 Å². The summed E-state index contributed by atoms with van der Waals surface area (Å²) in [6, 6.07) is 4.90. The molecule has 1 saturated heterocycles. The Labute approximate surface area is 177 Å². The van der Waals surface area contributed by atoms with E-state index in [-0.39, 0.29) is 29.5 Å². The largest absolute Gasteiger partial charge is 0.353 e. The zero-order valence-electron chi connectivity index (χ0n) is 18.1. The van der Waals surface area contributed by atoms with Gasteiger partial charge in [-0.1, -0.05) is 13.8 Å². The first-order valence-corrected chi connectivity index (χ1v) is 10.9. The Morgan fingerprint density at radius 2 is 1.90 bits per heavy atom. The SMILES string of the molecule is CC(C)C(C)NC(=O)C1CCN(CC(=O)N2CCCc3cc([N+](=O)[O-])ccc32)CC1. The summed E-state index contributed by atoms with van der Waals surface area (Å²) in [5, 5.41) is 14.1. The molecule has 30 heavy (non-hydrogen) atoms. The first-order valence-electron chi connectivity index (χ1n) is 10.9. The number of nitro groups is 1. The van der Waals surface area contributed by atoms with Gasteiger partial charge in [-0.15, -0.1) is 0 Å². The summed E-state index contributed by atoms with van der Waals surface area (Å²) >= 11 is 0. The molecule has 1 fully saturated rings. The van der Waals surface area contributed by atoms with Crippen LogP contribution in [0.1, 0.15) is 45.6 Å². The van der Waals surface area contributed by atoms with Gasteiger partial charge in [-0.05, 0) is 63.2 Å². The van der Waals surface area contributed by atoms with Crippen LogP contribution in [0.5, 0.6) is 0 Å². The minimum Gasteiger partial charge on any atom is -0.353 e. The number of aryl methyl sites for hydroxylation is 1. The van der Waals surface area contributed by atoms with Crippen molar-refractivity contribution in [2.75, 3.05) is 31.1 Å². The van der Waals surface area contributed by atoms with Gasteiger partial charge in [0.05, 0.1) is 11.5 Å². The summed E-state index contributed by atoms with van der Waals surface area (Å²) in [5.41, 5.74) is 1.71. The highest BCUT2D eigenvalue weighted by atomic mass is 16.6. The Hall–Kier alpha value is -2.48. The molecular weight excluding hydrogens is 384 g/mol. The van der Waals surface area contributed by atoms with E-state index in [4.69, 9.17) is 0 Å². The second-order valence-electron chi connectivity index (χ2n) is 8.81. The van der Waals surface area contributed by atoms with Crippen molar-refractivity contribution in [3.05, 3.63) is 33.9 Å². The van der Waals surface area contributed by atoms with Gasteiger partial charge in [0.1, 0.15) is 0 Å². The van der Waals surface area contributed by atoms with Crippen molar-refractivity contribution in [1.82, 2.24) is 10.2 Å². The molecule has 3 rings (SSSR count). The van der Waals surface area contributed by atoms with E-state index < -0.39 is 4.92 Å². The predicted octanol–water partition coefficient (Wildman–Crippen LogP) is 2.75. The molecule has 0 bridgehead atoms. The fourth-order valence-electron chi connectivity index (χ4n) is 4.09. The van der Waals surface area contributed by atoms with E-state index in [1.165, 1.54) is 6.07 Å². The van der Waals surface area contributed by atoms with Crippen molar-refractivity contribution in [1.29, 1.82) is 0 Å². The van der Waals surface area contributed by atoms with Crippen LogP contribution in [0.15, 0.2) is 18.2 Å². The lowest BCUT2D eigenvalue weighted by atomic mass is 9.94. The fraction of sp³-hybridized carbons (Fsp3) is 0.636. The number of non-ortho nitro benzene ring substituents is 1. The molecular formula is C22H32N4O4. The molecule has 0 aliphatic carbocycles. The first-order chi connectivity index (χ1) is 14.3. The summed E-state index contributed by atoms with van der Waals surface area (Å²) in [5.74, 6) is 0.546. The van der Waals surface area contributed by atoms with Gasteiger partial charge in [-0.2, -0.15) is 0 Å². The molecule has 2 aliphatic heterocycles. The second-order valence-corrected chi connectivity index (χ2v) is 8.81. The Balaban J connectivity index is 1.55. The highest BCUT2D eigenvalue weighted by Crippen LogP contribution is 2.31. The highest BCUT2D eigenvalue weighted by molar-refractivity contribution is 5.96. The summed E-state index contributed by atoms with van der Waals surface area (Å²) < 4.78 is 0. The average molecular weight is 417 g/mol. The zero-order chi connectivity index (χ0) is 21.8. The average Bonchev–Trinajstić information content (AvgIpc) is 2.73. The normalized spacial score (nSPS) is 18.7. The van der Waals surface area contributed by atoms with Crippen molar-refractivity contribution in [2.45, 2.75) is 52.5 Å². The van der Waals surface area contributed by atoms with Gasteiger partial charge in [0.25, 0.3) is 5.69 Å². The van der Waals surface area contributed by atoms with E-state index in [0.29, 0.717) is 19.0 Å². The van der Waals surface area contributed by atoms with Crippen LogP contribution in [0.4, 0.5) is 11.4 Å². The molecule has 1 aromatic rings. The second kappa shape index (κ2) is 9.55. The van der Waals surface area contributed by atoms with Crippen molar-refractivity contribution < 1.29 is 14.5 Å². The molecule has 0 radical (unpaired) electrons. The van der Waals surface area contributed by atoms with Crippen molar-refractivity contribution in [3.63, 3.8) is 0 Å². The molecule has 1 unspecified atom stereocenters. The van der Waals surface area contributed by atoms with Crippen LogP contribution in [0, 0.1) is 22.0 Å². The van der Waals surface area contributed by atoms with E-state index in [2.05, 4.69) is 24.1 Å². The van der Waals surface area contributed by atoms with E-state index >= 15 is 0 Å². The monoisotopic (exact) mass is 416 g/mol. The molecule has 1 atom stereocenters. The lowest BCUT2D eigenvalue weighted by molar-refractivity contribution is -0.384. The molecule has 1 N–H and O–H groups in total. The Morgan fingerprint density at radius 3 is 2.53 bits per heavy atom. The number of hydrogen-bond donors (Lipinski definition) is 1. The minimum absolute atomic E-state index is 0.00816. The molecule has 2 amide bonds. The number of piperidine rings is 1. The standard InChI is InChI=1S/C22H32N4O4/c1-15(2)16(3)23-22(28)17-8-11-24(12-9-17)14-21(27)25-10-4-5-18-13-19(26(29)30)6-7-20(18)25/h6-7,13,15-17H,4-5,8-12,14H2,1-3H3,(H,23,28). The lowest BCUT2D eigenvalue weighted by Crippen LogP contribution is -2.48. The van der Waals surface area contributed by atoms with Gasteiger partial charge in [-0.25, -0.2) is 0 Å². The topological polar surface area (TPSA) is 95.8 Å². The maximum Gasteiger partial charge on any atom is 0.269 e. The third-order valence-electron chi connectivity index (χ3n) is 6.38. The number of nitrogens with one attached hydrogen (secondary N) is 1. The van der Waals surface area contributed by atoms with Gasteiger partial charge in [0.15, 0.2) is 0 Å². The Bertz CT molecular complexity index is 802. The van der Waals surface area contributed by atoms with Crippen LogP contribution < -0.4 is 10.2 Å². The minimum atomic E-state index is -0.400. The van der Waals surface area contributed by atoms with Crippen LogP contribution in [0.25, 0.3) is 0 Å². The number of benzene rings is 1. The number of amides is 2. The molecule has 2 heterocycles. The number of anilines is 1. The number of likely N-dealkylation sites (tertiary alicyclic amines) is 1. The summed E-state index contributed by atoms with van der Waals surface area (Å²) in [7, 11) is 0. The third kappa shape index (κ3) is 5.16. The lowest BCUT2D eigenvalue weighted by Gasteiger charge is -2.35. The predicted molar refractivity (Wildman–Crippen MR) is 115 cm³/mol. The van der Waals surface area contributed by atoms with Crippen LogP contribution in [-0.2, 0) is 16.0 Å². The number of hydrogen-bond acceptors (Lipinski definition) is 5. The van der Waals surface area contributed by atoms with Crippen LogP contribution >= 0.6 is 0 Å². The fourth-order valence-corrected chi connectivity index (χ4v) is 4.09. The zero-order valence-corrected chi connectivity index (χ0v) is 18.1. The smallest absolute Gasteiger partial charge is 0.269 e. The first kappa shape index (κ1) is 22.2. The summed E-state index contributed by atoms with van der Waals surface area (Å²) in [6.07, 6.45) is 3.06. The van der Waals surface area contributed by atoms with Crippen LogP contribution in [-0.4, -0.2) is 53.9 Å². The maximum atomic E-state index is 13.0. The number of nitro benzene ring substituents is 1. The van der Waals surface area contributed by atoms with E-state index in [1.54, 1.807) is 17.0 Å². The number of carbonyl (C=O) groups is 2. The van der Waals surface area contributed by atoms with Crippen molar-refractivity contribution in [2.24, 2.45) is 11.8 Å². The number of nitrogens with zero attached hydrogens (tertiary/aromatic N) is 3. The van der Waals surface area contributed by atoms with Crippen LogP contribution in [0.3, 0.4) is 0 Å². The molecule has 2 aliphatic rings. The molecule has 164 valence electrons. The van der Waals surface area contributed by atoms with E-state index in [0.717, 1.165) is 50.0 Å². The number of rotatable bonds is 6. The van der Waals surface area contributed by atoms with Gasteiger partial charge < -0.3 is 10.2 Å². The highest BCUT2D eigenvalue weighted by Gasteiger charge is 2.29. The molecule has 8 heteroatoms. The van der Waals surface area contributed by atoms with E-state index in [9.17, 15) is 19.7 Å². The maximum absolute atomic E-state index is 13.0. The summed E-state index contributed by atoms with van der Waals surface area (Å²) in [6.45, 7) is 8.61. The number of fused-ring (bicyclic) bond motifs is 1. The number of carbonyl (C=O) groups excluding carboxylic acids is 2. The summed E-state index contributed by atoms with van der Waals surface area (Å²) in [4.78, 5) is 39.9. The van der Waals surface area contributed by atoms with Gasteiger partial charge >= 0.3 is 0 Å². The molecule has 0 saturated carbocycles. The molecule has 0 spiro atoms. The Morgan fingerprint density at radius 1 is 1.20 bits per heavy atom. The molecule has 0 aromatic heterocycles.